The lowest BCUT2D eigenvalue weighted by atomic mass is 9.97. The van der Waals surface area contributed by atoms with Crippen LogP contribution in [0.3, 0.4) is 0 Å². The van der Waals surface area contributed by atoms with Gasteiger partial charge in [-0.3, -0.25) is 4.79 Å². The first-order valence-electron chi connectivity index (χ1n) is 5.29. The highest BCUT2D eigenvalue weighted by Crippen LogP contribution is 2.37. The lowest BCUT2D eigenvalue weighted by Gasteiger charge is -2.29. The fourth-order valence-electron chi connectivity index (χ4n) is 2.11. The van der Waals surface area contributed by atoms with Crippen LogP contribution in [-0.2, 0) is 11.2 Å². The van der Waals surface area contributed by atoms with E-state index in [4.69, 9.17) is 0 Å². The zero-order valence-electron chi connectivity index (χ0n) is 9.41. The Labute approximate surface area is 94.1 Å². The van der Waals surface area contributed by atoms with Gasteiger partial charge in [-0.15, -0.1) is 11.3 Å². The fraction of sp³-hybridized carbons (Fsp3) is 0.636. The fourth-order valence-corrected chi connectivity index (χ4v) is 3.26. The molecule has 1 atom stereocenters. The number of aryl methyl sites for hydroxylation is 2. The van der Waals surface area contributed by atoms with Crippen LogP contribution in [0.1, 0.15) is 41.4 Å². The summed E-state index contributed by atoms with van der Waals surface area (Å²) in [5.74, 6) is 0.138. The highest BCUT2D eigenvalue weighted by Gasteiger charge is 2.27. The van der Waals surface area contributed by atoms with Gasteiger partial charge in [0.2, 0.25) is 5.91 Å². The zero-order chi connectivity index (χ0) is 11.0. The van der Waals surface area contributed by atoms with Gasteiger partial charge in [0.25, 0.3) is 0 Å². The van der Waals surface area contributed by atoms with Crippen molar-refractivity contribution in [3.05, 3.63) is 15.6 Å². The second kappa shape index (κ2) is 3.93. The minimum Gasteiger partial charge on any atom is -0.338 e. The molecule has 1 unspecified atom stereocenters. The van der Waals surface area contributed by atoms with E-state index in [1.54, 1.807) is 18.3 Å². The van der Waals surface area contributed by atoms with Gasteiger partial charge in [-0.2, -0.15) is 0 Å². The number of thiazole rings is 1. The van der Waals surface area contributed by atoms with Crippen LogP contribution < -0.4 is 0 Å². The van der Waals surface area contributed by atoms with Crippen molar-refractivity contribution in [1.29, 1.82) is 0 Å². The van der Waals surface area contributed by atoms with Crippen molar-refractivity contribution in [2.75, 3.05) is 7.05 Å². The van der Waals surface area contributed by atoms with Crippen LogP contribution >= 0.6 is 11.3 Å². The number of carbonyl (C=O) groups excluding carboxylic acids is 1. The Morgan fingerprint density at radius 2 is 2.33 bits per heavy atom. The molecule has 1 aliphatic rings. The summed E-state index contributed by atoms with van der Waals surface area (Å²) in [5, 5.41) is 1.11. The van der Waals surface area contributed by atoms with E-state index in [1.807, 2.05) is 18.9 Å². The predicted molar refractivity (Wildman–Crippen MR) is 61.0 cm³/mol. The standard InChI is InChI=1S/C11H16N2OS/c1-7-12-9-5-4-6-10(11(9)15-7)13(3)8(2)14/h10H,4-6H2,1-3H3. The number of fused-ring (bicyclic) bond motifs is 1. The summed E-state index contributed by atoms with van der Waals surface area (Å²) in [6.07, 6.45) is 3.28. The molecule has 0 saturated carbocycles. The van der Waals surface area contributed by atoms with Gasteiger partial charge in [0.1, 0.15) is 0 Å². The zero-order valence-corrected chi connectivity index (χ0v) is 10.2. The third kappa shape index (κ3) is 1.91. The Balaban J connectivity index is 2.33. The number of nitrogens with zero attached hydrogens (tertiary/aromatic N) is 2. The van der Waals surface area contributed by atoms with E-state index in [0.717, 1.165) is 24.3 Å². The molecule has 0 N–H and O–H groups in total. The molecule has 3 nitrogen and oxygen atoms in total. The van der Waals surface area contributed by atoms with Crippen molar-refractivity contribution in [2.45, 2.75) is 39.2 Å². The molecule has 0 fully saturated rings. The maximum Gasteiger partial charge on any atom is 0.219 e. The molecule has 0 aliphatic heterocycles. The van der Waals surface area contributed by atoms with E-state index >= 15 is 0 Å². The lowest BCUT2D eigenvalue weighted by Crippen LogP contribution is -2.30. The number of rotatable bonds is 1. The summed E-state index contributed by atoms with van der Waals surface area (Å²) < 4.78 is 0. The minimum absolute atomic E-state index is 0.138. The first-order valence-corrected chi connectivity index (χ1v) is 6.11. The number of amides is 1. The van der Waals surface area contributed by atoms with E-state index in [2.05, 4.69) is 4.98 Å². The van der Waals surface area contributed by atoms with Crippen LogP contribution in [0.4, 0.5) is 0 Å². The van der Waals surface area contributed by atoms with E-state index in [-0.39, 0.29) is 11.9 Å². The monoisotopic (exact) mass is 224 g/mol. The second-order valence-corrected chi connectivity index (χ2v) is 5.32. The Morgan fingerprint density at radius 3 is 3.00 bits per heavy atom. The molecule has 0 bridgehead atoms. The molecule has 0 spiro atoms. The van der Waals surface area contributed by atoms with Crippen LogP contribution in [0.25, 0.3) is 0 Å². The van der Waals surface area contributed by atoms with Crippen LogP contribution in [-0.4, -0.2) is 22.8 Å². The van der Waals surface area contributed by atoms with Gasteiger partial charge >= 0.3 is 0 Å². The molecule has 1 aromatic heterocycles. The average Bonchev–Trinajstić information content (AvgIpc) is 2.56. The maximum atomic E-state index is 11.4. The van der Waals surface area contributed by atoms with Crippen LogP contribution in [0.15, 0.2) is 0 Å². The molecule has 1 aliphatic carbocycles. The maximum absolute atomic E-state index is 11.4. The molecule has 2 rings (SSSR count). The van der Waals surface area contributed by atoms with E-state index < -0.39 is 0 Å². The Morgan fingerprint density at radius 1 is 1.60 bits per heavy atom. The summed E-state index contributed by atoms with van der Waals surface area (Å²) in [4.78, 5) is 19.0. The molecule has 0 aromatic carbocycles. The van der Waals surface area contributed by atoms with Gasteiger partial charge in [0.15, 0.2) is 0 Å². The predicted octanol–water partition coefficient (Wildman–Crippen LogP) is 2.31. The van der Waals surface area contributed by atoms with Gasteiger partial charge in [-0.1, -0.05) is 0 Å². The SMILES string of the molecule is CC(=O)N(C)C1CCCc2nc(C)sc21. The van der Waals surface area contributed by atoms with Crippen molar-refractivity contribution in [1.82, 2.24) is 9.88 Å². The molecule has 1 amide bonds. The summed E-state index contributed by atoms with van der Waals surface area (Å²) in [6, 6.07) is 0.262. The summed E-state index contributed by atoms with van der Waals surface area (Å²) >= 11 is 1.74. The van der Waals surface area contributed by atoms with E-state index in [1.165, 1.54) is 10.6 Å². The van der Waals surface area contributed by atoms with Crippen molar-refractivity contribution < 1.29 is 4.79 Å². The molecular weight excluding hydrogens is 208 g/mol. The molecule has 0 radical (unpaired) electrons. The third-order valence-corrected chi connectivity index (χ3v) is 4.11. The van der Waals surface area contributed by atoms with Gasteiger partial charge in [-0.25, -0.2) is 4.98 Å². The van der Waals surface area contributed by atoms with Crippen LogP contribution in [0.2, 0.25) is 0 Å². The summed E-state index contributed by atoms with van der Waals surface area (Å²) in [6.45, 7) is 3.66. The highest BCUT2D eigenvalue weighted by atomic mass is 32.1. The Kier molecular flexibility index (Phi) is 2.78. The van der Waals surface area contributed by atoms with Crippen LogP contribution in [0.5, 0.6) is 0 Å². The van der Waals surface area contributed by atoms with Crippen molar-refractivity contribution in [2.24, 2.45) is 0 Å². The quantitative estimate of drug-likeness (QED) is 0.733. The van der Waals surface area contributed by atoms with Crippen LogP contribution in [0, 0.1) is 6.92 Å². The molecule has 82 valence electrons. The van der Waals surface area contributed by atoms with Gasteiger partial charge in [-0.05, 0) is 26.2 Å². The Hall–Kier alpha value is -0.900. The molecule has 1 aromatic rings. The summed E-state index contributed by atoms with van der Waals surface area (Å²) in [5.41, 5.74) is 1.21. The van der Waals surface area contributed by atoms with Crippen molar-refractivity contribution >= 4 is 17.2 Å². The lowest BCUT2D eigenvalue weighted by molar-refractivity contribution is -0.129. The smallest absolute Gasteiger partial charge is 0.219 e. The Bertz CT molecular complexity index is 386. The average molecular weight is 224 g/mol. The highest BCUT2D eigenvalue weighted by molar-refractivity contribution is 7.11. The number of aromatic nitrogens is 1. The van der Waals surface area contributed by atoms with Gasteiger partial charge < -0.3 is 4.90 Å². The molecule has 15 heavy (non-hydrogen) atoms. The first-order chi connectivity index (χ1) is 7.09. The van der Waals surface area contributed by atoms with Crippen molar-refractivity contribution in [3.63, 3.8) is 0 Å². The normalized spacial score (nSPS) is 19.8. The molecule has 0 saturated heterocycles. The number of hydrogen-bond donors (Lipinski definition) is 0. The summed E-state index contributed by atoms with van der Waals surface area (Å²) in [7, 11) is 1.89. The minimum atomic E-state index is 0.138. The molecular formula is C11H16N2OS. The second-order valence-electron chi connectivity index (χ2n) is 4.08. The van der Waals surface area contributed by atoms with Gasteiger partial charge in [0, 0.05) is 14.0 Å². The molecule has 4 heteroatoms. The largest absolute Gasteiger partial charge is 0.338 e. The van der Waals surface area contributed by atoms with Gasteiger partial charge in [0.05, 0.1) is 21.6 Å². The van der Waals surface area contributed by atoms with E-state index in [0.29, 0.717) is 0 Å². The topological polar surface area (TPSA) is 33.2 Å². The number of carbonyl (C=O) groups is 1. The van der Waals surface area contributed by atoms with Crippen molar-refractivity contribution in [3.8, 4) is 0 Å². The number of hydrogen-bond acceptors (Lipinski definition) is 3. The molecule has 1 heterocycles. The van der Waals surface area contributed by atoms with E-state index in [9.17, 15) is 4.79 Å². The third-order valence-electron chi connectivity index (χ3n) is 2.99. The first kappa shape index (κ1) is 10.6.